The van der Waals surface area contributed by atoms with Crippen molar-refractivity contribution in [2.75, 3.05) is 18.0 Å². The summed E-state index contributed by atoms with van der Waals surface area (Å²) in [5.41, 5.74) is 3.71. The summed E-state index contributed by atoms with van der Waals surface area (Å²) in [6, 6.07) is 16.1. The third-order valence-corrected chi connectivity index (χ3v) is 7.55. The van der Waals surface area contributed by atoms with Crippen LogP contribution in [0, 0.1) is 18.7 Å². The average molecular weight is 491 g/mol. The van der Waals surface area contributed by atoms with E-state index in [1.807, 2.05) is 42.6 Å². The number of piperidine rings is 1. The van der Waals surface area contributed by atoms with E-state index >= 15 is 0 Å². The summed E-state index contributed by atoms with van der Waals surface area (Å²) < 4.78 is 15.7. The zero-order valence-corrected chi connectivity index (χ0v) is 20.4. The first kappa shape index (κ1) is 23.2. The molecule has 2 aromatic carbocycles. The third-order valence-electron chi connectivity index (χ3n) is 6.66. The summed E-state index contributed by atoms with van der Waals surface area (Å²) >= 11 is 1.38. The predicted octanol–water partition coefficient (Wildman–Crippen LogP) is 4.49. The van der Waals surface area contributed by atoms with E-state index in [0.29, 0.717) is 55.2 Å². The van der Waals surface area contributed by atoms with Crippen molar-refractivity contribution in [2.45, 2.75) is 32.9 Å². The molecule has 180 valence electrons. The van der Waals surface area contributed by atoms with Crippen LogP contribution in [0.15, 0.2) is 64.8 Å². The van der Waals surface area contributed by atoms with Gasteiger partial charge in [0.15, 0.2) is 0 Å². The Hall–Kier alpha value is -3.52. The zero-order valence-electron chi connectivity index (χ0n) is 19.5. The van der Waals surface area contributed by atoms with Gasteiger partial charge in [0, 0.05) is 25.6 Å². The number of hydrogen-bond acceptors (Lipinski definition) is 5. The van der Waals surface area contributed by atoms with Gasteiger partial charge in [0.1, 0.15) is 10.5 Å². The van der Waals surface area contributed by atoms with Crippen LogP contribution in [0.4, 0.5) is 10.3 Å². The number of hydrogen-bond donors (Lipinski definition) is 1. The van der Waals surface area contributed by atoms with Gasteiger partial charge in [0.05, 0.1) is 12.1 Å². The zero-order chi connectivity index (χ0) is 24.4. The Morgan fingerprint density at radius 3 is 2.60 bits per heavy atom. The fourth-order valence-corrected chi connectivity index (χ4v) is 5.34. The van der Waals surface area contributed by atoms with Crippen molar-refractivity contribution in [1.29, 1.82) is 0 Å². The van der Waals surface area contributed by atoms with Crippen molar-refractivity contribution >= 4 is 33.4 Å². The molecule has 35 heavy (non-hydrogen) atoms. The van der Waals surface area contributed by atoms with Gasteiger partial charge >= 0.3 is 0 Å². The number of thiophene rings is 1. The molecule has 6 nitrogen and oxygen atoms in total. The number of carbonyl (C=O) groups excluding carboxylic acids is 1. The van der Waals surface area contributed by atoms with Gasteiger partial charge in [-0.05, 0) is 60.0 Å². The second-order valence-corrected chi connectivity index (χ2v) is 9.89. The molecule has 8 heteroatoms. The molecule has 1 N–H and O–H groups in total. The largest absolute Gasteiger partial charge is 0.352 e. The Bertz CT molecular complexity index is 1400. The lowest BCUT2D eigenvalue weighted by atomic mass is 9.96. The van der Waals surface area contributed by atoms with E-state index in [4.69, 9.17) is 4.98 Å². The lowest BCUT2D eigenvalue weighted by molar-refractivity contribution is -0.125. The molecular formula is C27H27FN4O2S. The summed E-state index contributed by atoms with van der Waals surface area (Å²) in [7, 11) is 0. The molecule has 1 amide bonds. The number of anilines is 1. The summed E-state index contributed by atoms with van der Waals surface area (Å²) in [4.78, 5) is 33.0. The van der Waals surface area contributed by atoms with Gasteiger partial charge in [-0.15, -0.1) is 11.3 Å². The molecule has 0 spiro atoms. The first-order valence-electron chi connectivity index (χ1n) is 11.8. The second kappa shape index (κ2) is 10.00. The maximum atomic E-state index is 13.4. The third kappa shape index (κ3) is 4.98. The SMILES string of the molecule is Cc1ccccc1CNC(=O)C1CCN(c2nc3ccsc3c(=O)n2Cc2ccc(F)cc2)CC1. The number of aryl methyl sites for hydroxylation is 1. The van der Waals surface area contributed by atoms with Gasteiger partial charge in [-0.1, -0.05) is 36.4 Å². The van der Waals surface area contributed by atoms with Crippen LogP contribution in [-0.2, 0) is 17.9 Å². The van der Waals surface area contributed by atoms with E-state index in [-0.39, 0.29) is 23.2 Å². The average Bonchev–Trinajstić information content (AvgIpc) is 3.35. The number of rotatable bonds is 6. The van der Waals surface area contributed by atoms with E-state index in [1.165, 1.54) is 23.5 Å². The fraction of sp³-hybridized carbons (Fsp3) is 0.296. The highest BCUT2D eigenvalue weighted by molar-refractivity contribution is 7.17. The molecule has 3 heterocycles. The minimum Gasteiger partial charge on any atom is -0.352 e. The number of aromatic nitrogens is 2. The van der Waals surface area contributed by atoms with Crippen molar-refractivity contribution < 1.29 is 9.18 Å². The van der Waals surface area contributed by atoms with Gasteiger partial charge in [-0.3, -0.25) is 14.2 Å². The number of nitrogens with zero attached hydrogens (tertiary/aromatic N) is 3. The number of amides is 1. The van der Waals surface area contributed by atoms with Crippen molar-refractivity contribution in [3.05, 3.63) is 92.8 Å². The number of nitrogens with one attached hydrogen (secondary N) is 1. The number of halogens is 1. The molecule has 4 aromatic rings. The summed E-state index contributed by atoms with van der Waals surface area (Å²) in [5.74, 6) is 0.287. The molecule has 0 radical (unpaired) electrons. The molecular weight excluding hydrogens is 463 g/mol. The maximum Gasteiger partial charge on any atom is 0.273 e. The first-order valence-corrected chi connectivity index (χ1v) is 12.7. The Morgan fingerprint density at radius 1 is 1.11 bits per heavy atom. The van der Waals surface area contributed by atoms with Crippen LogP contribution in [0.5, 0.6) is 0 Å². The molecule has 1 saturated heterocycles. The second-order valence-electron chi connectivity index (χ2n) is 8.97. The Labute approximate surface area is 207 Å². The lowest BCUT2D eigenvalue weighted by Crippen LogP contribution is -2.42. The van der Waals surface area contributed by atoms with Crippen LogP contribution >= 0.6 is 11.3 Å². The number of carbonyl (C=O) groups is 1. The molecule has 1 aliphatic rings. The quantitative estimate of drug-likeness (QED) is 0.433. The standard InChI is InChI=1S/C27H27FN4O2S/c1-18-4-2-3-5-21(18)16-29-25(33)20-10-13-31(14-11-20)27-30-23-12-15-35-24(23)26(34)32(27)17-19-6-8-22(28)9-7-19/h2-9,12,15,20H,10-11,13-14,16-17H2,1H3,(H,29,33). The van der Waals surface area contributed by atoms with E-state index in [1.54, 1.807) is 16.7 Å². The van der Waals surface area contributed by atoms with Crippen molar-refractivity contribution in [3.63, 3.8) is 0 Å². The summed E-state index contributed by atoms with van der Waals surface area (Å²) in [6.45, 7) is 4.15. The molecule has 0 bridgehead atoms. The molecule has 0 atom stereocenters. The first-order chi connectivity index (χ1) is 17.0. The van der Waals surface area contributed by atoms with Crippen LogP contribution in [0.3, 0.4) is 0 Å². The van der Waals surface area contributed by atoms with E-state index in [2.05, 4.69) is 10.2 Å². The highest BCUT2D eigenvalue weighted by Gasteiger charge is 2.28. The smallest absolute Gasteiger partial charge is 0.273 e. The molecule has 1 fully saturated rings. The summed E-state index contributed by atoms with van der Waals surface area (Å²) in [5, 5.41) is 4.96. The van der Waals surface area contributed by atoms with Crippen molar-refractivity contribution in [1.82, 2.24) is 14.9 Å². The van der Waals surface area contributed by atoms with Crippen LogP contribution in [0.1, 0.15) is 29.5 Å². The fourth-order valence-electron chi connectivity index (χ4n) is 4.57. The van der Waals surface area contributed by atoms with Gasteiger partial charge in [-0.25, -0.2) is 9.37 Å². The Kier molecular flexibility index (Phi) is 6.63. The maximum absolute atomic E-state index is 13.4. The van der Waals surface area contributed by atoms with E-state index < -0.39 is 0 Å². The molecule has 5 rings (SSSR count). The normalized spacial score (nSPS) is 14.4. The van der Waals surface area contributed by atoms with E-state index in [9.17, 15) is 14.0 Å². The van der Waals surface area contributed by atoms with Crippen LogP contribution in [0.25, 0.3) is 10.2 Å². The van der Waals surface area contributed by atoms with Crippen molar-refractivity contribution in [2.24, 2.45) is 5.92 Å². The Morgan fingerprint density at radius 2 is 1.86 bits per heavy atom. The molecule has 0 saturated carbocycles. The highest BCUT2D eigenvalue weighted by atomic mass is 32.1. The van der Waals surface area contributed by atoms with Gasteiger partial charge in [0.2, 0.25) is 11.9 Å². The number of benzene rings is 2. The molecule has 0 unspecified atom stereocenters. The highest BCUT2D eigenvalue weighted by Crippen LogP contribution is 2.25. The van der Waals surface area contributed by atoms with Crippen LogP contribution in [-0.4, -0.2) is 28.5 Å². The molecule has 2 aromatic heterocycles. The van der Waals surface area contributed by atoms with Crippen molar-refractivity contribution in [3.8, 4) is 0 Å². The molecule has 0 aliphatic carbocycles. The monoisotopic (exact) mass is 490 g/mol. The predicted molar refractivity (Wildman–Crippen MR) is 137 cm³/mol. The molecule has 1 aliphatic heterocycles. The summed E-state index contributed by atoms with van der Waals surface area (Å²) in [6.07, 6.45) is 1.38. The van der Waals surface area contributed by atoms with Gasteiger partial charge < -0.3 is 10.2 Å². The van der Waals surface area contributed by atoms with Gasteiger partial charge in [-0.2, -0.15) is 0 Å². The minimum absolute atomic E-state index is 0.0675. The Balaban J connectivity index is 1.32. The lowest BCUT2D eigenvalue weighted by Gasteiger charge is -2.33. The van der Waals surface area contributed by atoms with E-state index in [0.717, 1.165) is 16.7 Å². The minimum atomic E-state index is -0.309. The topological polar surface area (TPSA) is 67.2 Å². The van der Waals surface area contributed by atoms with Crippen LogP contribution < -0.4 is 15.8 Å². The van der Waals surface area contributed by atoms with Crippen LogP contribution in [0.2, 0.25) is 0 Å². The number of fused-ring (bicyclic) bond motifs is 1. The van der Waals surface area contributed by atoms with Gasteiger partial charge in [0.25, 0.3) is 5.56 Å².